The van der Waals surface area contributed by atoms with E-state index in [1.54, 1.807) is 24.1 Å². The van der Waals surface area contributed by atoms with E-state index in [0.29, 0.717) is 41.7 Å². The van der Waals surface area contributed by atoms with Crippen molar-refractivity contribution in [1.29, 1.82) is 0 Å². The second-order valence-electron chi connectivity index (χ2n) is 9.18. The highest BCUT2D eigenvalue weighted by molar-refractivity contribution is 5.98. The van der Waals surface area contributed by atoms with E-state index in [-0.39, 0.29) is 18.2 Å². The molecule has 0 radical (unpaired) electrons. The third kappa shape index (κ3) is 6.51. The highest BCUT2D eigenvalue weighted by Crippen LogP contribution is 2.46. The number of methoxy groups -OCH3 is 4. The maximum Gasteiger partial charge on any atom is 0.227 e. The zero-order chi connectivity index (χ0) is 27.7. The van der Waals surface area contributed by atoms with Gasteiger partial charge in [-0.05, 0) is 50.2 Å². The Kier molecular flexibility index (Phi) is 10.6. The Morgan fingerprint density at radius 1 is 0.974 bits per heavy atom. The van der Waals surface area contributed by atoms with Crippen molar-refractivity contribution in [2.75, 3.05) is 59.5 Å². The molecule has 0 aliphatic carbocycles. The van der Waals surface area contributed by atoms with E-state index < -0.39 is 12.0 Å². The summed E-state index contributed by atoms with van der Waals surface area (Å²) in [7, 11) is 6.21. The molecule has 2 aromatic carbocycles. The molecule has 208 valence electrons. The minimum Gasteiger partial charge on any atom is -0.497 e. The fraction of sp³-hybridized carbons (Fsp3) is 0.517. The third-order valence-corrected chi connectivity index (χ3v) is 7.16. The zero-order valence-corrected chi connectivity index (χ0v) is 23.4. The van der Waals surface area contributed by atoms with Crippen LogP contribution < -0.4 is 29.2 Å². The molecule has 2 amide bonds. The van der Waals surface area contributed by atoms with Crippen LogP contribution in [0.5, 0.6) is 23.0 Å². The molecule has 1 heterocycles. The van der Waals surface area contributed by atoms with Crippen molar-refractivity contribution in [1.82, 2.24) is 10.2 Å². The van der Waals surface area contributed by atoms with Crippen LogP contribution in [0.3, 0.4) is 0 Å². The number of hydrogen-bond acceptors (Lipinski definition) is 7. The third-order valence-electron chi connectivity index (χ3n) is 7.16. The number of hydrogen-bond donors (Lipinski definition) is 1. The van der Waals surface area contributed by atoms with Gasteiger partial charge in [0.05, 0.1) is 46.1 Å². The molecule has 2 unspecified atom stereocenters. The topological polar surface area (TPSA) is 89.6 Å². The molecular formula is C29H41N3O6. The number of piperidine rings is 1. The van der Waals surface area contributed by atoms with Crippen molar-refractivity contribution < 1.29 is 28.5 Å². The molecule has 1 saturated heterocycles. The Hall–Kier alpha value is -3.46. The fourth-order valence-electron chi connectivity index (χ4n) is 5.05. The van der Waals surface area contributed by atoms with Crippen LogP contribution in [-0.2, 0) is 9.59 Å². The van der Waals surface area contributed by atoms with Crippen molar-refractivity contribution >= 4 is 17.5 Å². The molecule has 0 saturated carbocycles. The van der Waals surface area contributed by atoms with Gasteiger partial charge >= 0.3 is 0 Å². The minimum absolute atomic E-state index is 0.0599. The lowest BCUT2D eigenvalue weighted by Crippen LogP contribution is -2.48. The zero-order valence-electron chi connectivity index (χ0n) is 23.4. The maximum atomic E-state index is 13.6. The maximum absolute atomic E-state index is 13.6. The van der Waals surface area contributed by atoms with Gasteiger partial charge in [-0.1, -0.05) is 26.0 Å². The average Bonchev–Trinajstić information content (AvgIpc) is 2.96. The molecule has 1 N–H and O–H groups in total. The Labute approximate surface area is 226 Å². The lowest BCUT2D eigenvalue weighted by molar-refractivity contribution is -0.129. The van der Waals surface area contributed by atoms with Crippen molar-refractivity contribution in [3.8, 4) is 23.0 Å². The van der Waals surface area contributed by atoms with Gasteiger partial charge in [-0.3, -0.25) is 9.59 Å². The lowest BCUT2D eigenvalue weighted by atomic mass is 9.83. The number of benzene rings is 2. The second-order valence-corrected chi connectivity index (χ2v) is 9.18. The van der Waals surface area contributed by atoms with Gasteiger partial charge in [-0.2, -0.15) is 0 Å². The SMILES string of the molecule is CCN(CC)CCCNC(=O)C1CCC(=O)N(c2cc(OC)c(OC)c(OC)c2)C1c1ccc(OC)cc1. The van der Waals surface area contributed by atoms with E-state index in [2.05, 4.69) is 24.1 Å². The first-order valence-corrected chi connectivity index (χ1v) is 13.2. The first-order chi connectivity index (χ1) is 18.4. The molecule has 9 heteroatoms. The van der Waals surface area contributed by atoms with Crippen LogP contribution in [0.1, 0.15) is 44.7 Å². The molecule has 2 atom stereocenters. The molecule has 0 spiro atoms. The smallest absolute Gasteiger partial charge is 0.227 e. The van der Waals surface area contributed by atoms with Gasteiger partial charge in [-0.25, -0.2) is 0 Å². The van der Waals surface area contributed by atoms with Crippen molar-refractivity contribution in [3.05, 3.63) is 42.0 Å². The van der Waals surface area contributed by atoms with Gasteiger partial charge in [0.25, 0.3) is 0 Å². The van der Waals surface area contributed by atoms with Gasteiger partial charge in [-0.15, -0.1) is 0 Å². The highest BCUT2D eigenvalue weighted by Gasteiger charge is 2.42. The number of carbonyl (C=O) groups excluding carboxylic acids is 2. The molecule has 0 bridgehead atoms. The van der Waals surface area contributed by atoms with E-state index in [4.69, 9.17) is 18.9 Å². The summed E-state index contributed by atoms with van der Waals surface area (Å²) in [5.74, 6) is 1.44. The summed E-state index contributed by atoms with van der Waals surface area (Å²) in [6.45, 7) is 7.75. The predicted octanol–water partition coefficient (Wildman–Crippen LogP) is 4.05. The molecule has 1 aliphatic rings. The number of amides is 2. The van der Waals surface area contributed by atoms with Gasteiger partial charge in [0, 0.05) is 25.1 Å². The predicted molar refractivity (Wildman–Crippen MR) is 147 cm³/mol. The van der Waals surface area contributed by atoms with Gasteiger partial charge in [0.1, 0.15) is 5.75 Å². The first-order valence-electron chi connectivity index (χ1n) is 13.2. The van der Waals surface area contributed by atoms with Crippen LogP contribution in [0.25, 0.3) is 0 Å². The molecule has 9 nitrogen and oxygen atoms in total. The summed E-state index contributed by atoms with van der Waals surface area (Å²) in [5, 5.41) is 3.13. The van der Waals surface area contributed by atoms with Crippen LogP contribution in [-0.4, -0.2) is 71.3 Å². The van der Waals surface area contributed by atoms with Crippen molar-refractivity contribution in [2.45, 2.75) is 39.2 Å². The van der Waals surface area contributed by atoms with E-state index in [9.17, 15) is 9.59 Å². The lowest BCUT2D eigenvalue weighted by Gasteiger charge is -2.41. The summed E-state index contributed by atoms with van der Waals surface area (Å²) in [6.07, 6.45) is 1.57. The van der Waals surface area contributed by atoms with Crippen molar-refractivity contribution in [2.24, 2.45) is 5.92 Å². The molecule has 38 heavy (non-hydrogen) atoms. The number of ether oxygens (including phenoxy) is 4. The number of anilines is 1. The number of rotatable bonds is 13. The largest absolute Gasteiger partial charge is 0.497 e. The Morgan fingerprint density at radius 3 is 2.13 bits per heavy atom. The number of carbonyl (C=O) groups is 2. The number of nitrogens with one attached hydrogen (secondary N) is 1. The van der Waals surface area contributed by atoms with Crippen molar-refractivity contribution in [3.63, 3.8) is 0 Å². The summed E-state index contributed by atoms with van der Waals surface area (Å²) in [6, 6.07) is 10.5. The molecular weight excluding hydrogens is 486 g/mol. The minimum atomic E-state index is -0.521. The van der Waals surface area contributed by atoms with Crippen LogP contribution in [0.15, 0.2) is 36.4 Å². The van der Waals surface area contributed by atoms with Crippen LogP contribution in [0, 0.1) is 5.92 Å². The average molecular weight is 528 g/mol. The van der Waals surface area contributed by atoms with Crippen LogP contribution in [0.2, 0.25) is 0 Å². The van der Waals surface area contributed by atoms with Gasteiger partial charge in [0.15, 0.2) is 11.5 Å². The Bertz CT molecular complexity index is 1050. The standard InChI is InChI=1S/C29H41N3O6/c1-7-31(8-2)17-9-16-30-29(34)23-14-15-26(33)32(27(23)20-10-12-22(35-3)13-11-20)21-18-24(36-4)28(38-6)25(19-21)37-5/h10-13,18-19,23,27H,7-9,14-17H2,1-6H3,(H,30,34). The summed E-state index contributed by atoms with van der Waals surface area (Å²) in [4.78, 5) is 31.1. The van der Waals surface area contributed by atoms with E-state index in [0.717, 1.165) is 31.6 Å². The van der Waals surface area contributed by atoms with Gasteiger partial charge < -0.3 is 34.1 Å². The monoisotopic (exact) mass is 527 g/mol. The molecule has 3 rings (SSSR count). The fourth-order valence-corrected chi connectivity index (χ4v) is 5.05. The molecule has 1 aliphatic heterocycles. The van der Waals surface area contributed by atoms with Crippen LogP contribution in [0.4, 0.5) is 5.69 Å². The molecule has 2 aromatic rings. The summed E-state index contributed by atoms with van der Waals surface area (Å²) in [5.41, 5.74) is 1.42. The van der Waals surface area contributed by atoms with Crippen LogP contribution >= 0.6 is 0 Å². The molecule has 1 fully saturated rings. The summed E-state index contributed by atoms with van der Waals surface area (Å²) < 4.78 is 21.9. The quantitative estimate of drug-likeness (QED) is 0.393. The first kappa shape index (κ1) is 29.1. The Balaban J connectivity index is 1.98. The number of nitrogens with zero attached hydrogens (tertiary/aromatic N) is 2. The summed E-state index contributed by atoms with van der Waals surface area (Å²) >= 11 is 0. The van der Waals surface area contributed by atoms with E-state index >= 15 is 0 Å². The van der Waals surface area contributed by atoms with Gasteiger partial charge in [0.2, 0.25) is 17.6 Å². The molecule has 0 aromatic heterocycles. The second kappa shape index (κ2) is 13.9. The van der Waals surface area contributed by atoms with E-state index in [1.165, 1.54) is 21.3 Å². The van der Waals surface area contributed by atoms with E-state index in [1.807, 2.05) is 24.3 Å². The Morgan fingerprint density at radius 2 is 1.61 bits per heavy atom. The highest BCUT2D eigenvalue weighted by atomic mass is 16.5. The normalized spacial score (nSPS) is 17.3.